The van der Waals surface area contributed by atoms with Crippen LogP contribution in [0.1, 0.15) is 29.3 Å². The molecule has 1 unspecified atom stereocenters. The highest BCUT2D eigenvalue weighted by Gasteiger charge is 2.26. The zero-order valence-corrected chi connectivity index (χ0v) is 11.5. The van der Waals surface area contributed by atoms with Gasteiger partial charge in [-0.3, -0.25) is 14.9 Å². The first-order chi connectivity index (χ1) is 9.29. The molecule has 0 fully saturated rings. The van der Waals surface area contributed by atoms with E-state index in [2.05, 4.69) is 0 Å². The first kappa shape index (κ1) is 15.6. The van der Waals surface area contributed by atoms with Crippen molar-refractivity contribution in [3.8, 4) is 0 Å². The Morgan fingerprint density at radius 2 is 2.05 bits per heavy atom. The van der Waals surface area contributed by atoms with Gasteiger partial charge >= 0.3 is 5.97 Å². The largest absolute Gasteiger partial charge is 0.480 e. The fraction of sp³-hybridized carbons (Fsp3) is 0.385. The summed E-state index contributed by atoms with van der Waals surface area (Å²) in [4.78, 5) is 34.5. The lowest BCUT2D eigenvalue weighted by Gasteiger charge is -2.24. The summed E-state index contributed by atoms with van der Waals surface area (Å²) in [6.07, 6.45) is 0.281. The zero-order valence-electron chi connectivity index (χ0n) is 11.5. The van der Waals surface area contributed by atoms with Crippen LogP contribution in [-0.2, 0) is 4.79 Å². The van der Waals surface area contributed by atoms with Gasteiger partial charge in [0.15, 0.2) is 0 Å². The summed E-state index contributed by atoms with van der Waals surface area (Å²) in [5.74, 6) is -1.55. The molecule has 20 heavy (non-hydrogen) atoms. The van der Waals surface area contributed by atoms with Gasteiger partial charge in [-0.1, -0.05) is 6.92 Å². The predicted molar refractivity (Wildman–Crippen MR) is 71.6 cm³/mol. The van der Waals surface area contributed by atoms with E-state index in [1.807, 2.05) is 0 Å². The smallest absolute Gasteiger partial charge is 0.326 e. The van der Waals surface area contributed by atoms with Crippen molar-refractivity contribution in [1.82, 2.24) is 4.90 Å². The number of hydrogen-bond donors (Lipinski definition) is 1. The Labute approximate surface area is 116 Å². The van der Waals surface area contributed by atoms with Gasteiger partial charge in [-0.25, -0.2) is 4.79 Å². The van der Waals surface area contributed by atoms with Gasteiger partial charge in [-0.05, 0) is 25.0 Å². The van der Waals surface area contributed by atoms with E-state index >= 15 is 0 Å². The fourth-order valence-corrected chi connectivity index (χ4v) is 1.95. The van der Waals surface area contributed by atoms with E-state index in [-0.39, 0.29) is 17.7 Å². The minimum Gasteiger partial charge on any atom is -0.480 e. The van der Waals surface area contributed by atoms with Gasteiger partial charge in [0, 0.05) is 24.7 Å². The molecule has 1 aromatic carbocycles. The molecule has 0 saturated carbocycles. The van der Waals surface area contributed by atoms with Crippen molar-refractivity contribution < 1.29 is 19.6 Å². The monoisotopic (exact) mass is 280 g/mol. The maximum Gasteiger partial charge on any atom is 0.326 e. The van der Waals surface area contributed by atoms with Gasteiger partial charge in [0.05, 0.1) is 4.92 Å². The molecule has 0 aliphatic rings. The van der Waals surface area contributed by atoms with E-state index < -0.39 is 22.8 Å². The number of rotatable bonds is 5. The van der Waals surface area contributed by atoms with E-state index in [1.54, 1.807) is 13.8 Å². The van der Waals surface area contributed by atoms with E-state index in [1.165, 1.54) is 25.2 Å². The minimum atomic E-state index is -1.08. The van der Waals surface area contributed by atoms with E-state index in [0.29, 0.717) is 5.56 Å². The summed E-state index contributed by atoms with van der Waals surface area (Å²) < 4.78 is 0. The molecule has 0 aliphatic heterocycles. The number of benzene rings is 1. The van der Waals surface area contributed by atoms with Gasteiger partial charge < -0.3 is 10.0 Å². The van der Waals surface area contributed by atoms with Crippen LogP contribution in [0.3, 0.4) is 0 Å². The average molecular weight is 280 g/mol. The lowest BCUT2D eigenvalue weighted by atomic mass is 10.1. The lowest BCUT2D eigenvalue weighted by Crippen LogP contribution is -2.42. The molecule has 1 aromatic rings. The van der Waals surface area contributed by atoms with Gasteiger partial charge in [0.2, 0.25) is 0 Å². The van der Waals surface area contributed by atoms with Gasteiger partial charge in [-0.15, -0.1) is 0 Å². The SMILES string of the molecule is CCC(C(=O)O)N(C)C(=O)c1ccc([N+](=O)[O-])cc1C. The van der Waals surface area contributed by atoms with E-state index in [0.717, 1.165) is 4.90 Å². The third kappa shape index (κ3) is 3.11. The maximum atomic E-state index is 12.2. The maximum absolute atomic E-state index is 12.2. The second kappa shape index (κ2) is 6.14. The molecule has 0 aliphatic carbocycles. The second-order valence-electron chi connectivity index (χ2n) is 4.43. The molecular formula is C13H16N2O5. The van der Waals surface area contributed by atoms with Gasteiger partial charge in [-0.2, -0.15) is 0 Å². The molecule has 1 N–H and O–H groups in total. The number of carboxylic acids is 1. The number of carboxylic acid groups (broad SMARTS) is 1. The molecule has 1 amide bonds. The zero-order chi connectivity index (χ0) is 15.4. The summed E-state index contributed by atoms with van der Waals surface area (Å²) in [6.45, 7) is 3.25. The Hall–Kier alpha value is -2.44. The molecule has 0 saturated heterocycles. The van der Waals surface area contributed by atoms with Gasteiger partial charge in [0.25, 0.3) is 11.6 Å². The summed E-state index contributed by atoms with van der Waals surface area (Å²) in [7, 11) is 1.41. The van der Waals surface area contributed by atoms with Crippen molar-refractivity contribution >= 4 is 17.6 Å². The first-order valence-corrected chi connectivity index (χ1v) is 6.04. The van der Waals surface area contributed by atoms with Crippen LogP contribution in [0.15, 0.2) is 18.2 Å². The number of hydrogen-bond acceptors (Lipinski definition) is 4. The summed E-state index contributed by atoms with van der Waals surface area (Å²) in [5.41, 5.74) is 0.598. The Morgan fingerprint density at radius 1 is 1.45 bits per heavy atom. The average Bonchev–Trinajstić information content (AvgIpc) is 2.37. The van der Waals surface area contributed by atoms with Crippen LogP contribution >= 0.6 is 0 Å². The number of aliphatic carboxylic acids is 1. The van der Waals surface area contributed by atoms with E-state index in [4.69, 9.17) is 5.11 Å². The van der Waals surface area contributed by atoms with Crippen molar-refractivity contribution in [2.45, 2.75) is 26.3 Å². The molecule has 0 radical (unpaired) electrons. The molecule has 108 valence electrons. The summed E-state index contributed by atoms with van der Waals surface area (Å²) >= 11 is 0. The van der Waals surface area contributed by atoms with Gasteiger partial charge in [0.1, 0.15) is 6.04 Å². The quantitative estimate of drug-likeness (QED) is 0.655. The number of non-ortho nitro benzene ring substituents is 1. The van der Waals surface area contributed by atoms with Crippen LogP contribution in [0.25, 0.3) is 0 Å². The molecule has 7 nitrogen and oxygen atoms in total. The van der Waals surface area contributed by atoms with Crippen LogP contribution in [0, 0.1) is 17.0 Å². The Bertz CT molecular complexity index is 556. The predicted octanol–water partition coefficient (Wildman–Crippen LogP) is 1.84. The number of carbonyl (C=O) groups excluding carboxylic acids is 1. The molecule has 7 heteroatoms. The number of carbonyl (C=O) groups is 2. The number of nitro groups is 1. The van der Waals surface area contributed by atoms with Crippen LogP contribution in [0.5, 0.6) is 0 Å². The number of aryl methyl sites for hydroxylation is 1. The number of likely N-dealkylation sites (N-methyl/N-ethyl adjacent to an activating group) is 1. The van der Waals surface area contributed by atoms with E-state index in [9.17, 15) is 19.7 Å². The Morgan fingerprint density at radius 3 is 2.45 bits per heavy atom. The molecular weight excluding hydrogens is 264 g/mol. The minimum absolute atomic E-state index is 0.105. The van der Waals surface area contributed by atoms with Crippen molar-refractivity contribution in [3.05, 3.63) is 39.4 Å². The fourth-order valence-electron chi connectivity index (χ4n) is 1.95. The van der Waals surface area contributed by atoms with Crippen LogP contribution in [0.4, 0.5) is 5.69 Å². The topological polar surface area (TPSA) is 101 Å². The van der Waals surface area contributed by atoms with Crippen LogP contribution < -0.4 is 0 Å². The molecule has 0 aromatic heterocycles. The first-order valence-electron chi connectivity index (χ1n) is 6.04. The van der Waals surface area contributed by atoms with Crippen molar-refractivity contribution in [3.63, 3.8) is 0 Å². The third-order valence-corrected chi connectivity index (χ3v) is 3.11. The summed E-state index contributed by atoms with van der Waals surface area (Å²) in [6, 6.07) is 2.96. The number of amides is 1. The molecule has 0 bridgehead atoms. The molecule has 0 spiro atoms. The Kier molecular flexibility index (Phi) is 4.79. The second-order valence-corrected chi connectivity index (χ2v) is 4.43. The lowest BCUT2D eigenvalue weighted by molar-refractivity contribution is -0.384. The summed E-state index contributed by atoms with van der Waals surface area (Å²) in [5, 5.41) is 19.7. The highest BCUT2D eigenvalue weighted by molar-refractivity contribution is 5.97. The molecule has 1 rings (SSSR count). The standard InChI is InChI=1S/C13H16N2O5/c1-4-11(13(17)18)14(3)12(16)10-6-5-9(15(19)20)7-8(10)2/h5-7,11H,4H2,1-3H3,(H,17,18). The van der Waals surface area contributed by atoms with Crippen molar-refractivity contribution in [2.24, 2.45) is 0 Å². The highest BCUT2D eigenvalue weighted by Crippen LogP contribution is 2.19. The van der Waals surface area contributed by atoms with Crippen molar-refractivity contribution in [1.29, 1.82) is 0 Å². The Balaban J connectivity index is 3.09. The number of nitrogens with zero attached hydrogens (tertiary/aromatic N) is 2. The normalized spacial score (nSPS) is 11.8. The van der Waals surface area contributed by atoms with Crippen molar-refractivity contribution in [2.75, 3.05) is 7.05 Å². The van der Waals surface area contributed by atoms with Crippen LogP contribution in [-0.4, -0.2) is 39.9 Å². The molecule has 1 atom stereocenters. The number of nitro benzene ring substituents is 1. The third-order valence-electron chi connectivity index (χ3n) is 3.11. The van der Waals surface area contributed by atoms with Crippen LogP contribution in [0.2, 0.25) is 0 Å². The highest BCUT2D eigenvalue weighted by atomic mass is 16.6. The molecule has 0 heterocycles.